The second-order valence-corrected chi connectivity index (χ2v) is 8.11. The van der Waals surface area contributed by atoms with Crippen LogP contribution in [0.4, 0.5) is 0 Å². The molecule has 0 unspecified atom stereocenters. The molecule has 0 N–H and O–H groups in total. The van der Waals surface area contributed by atoms with Gasteiger partial charge in [0.15, 0.2) is 5.16 Å². The lowest BCUT2D eigenvalue weighted by molar-refractivity contribution is 0.590. The first-order chi connectivity index (χ1) is 12.0. The fourth-order valence-electron chi connectivity index (χ4n) is 2.57. The van der Waals surface area contributed by atoms with Crippen molar-refractivity contribution in [2.75, 3.05) is 6.26 Å². The smallest absolute Gasteiger partial charge is 0.271 e. The summed E-state index contributed by atoms with van der Waals surface area (Å²) in [5.74, 6) is 0. The van der Waals surface area contributed by atoms with Gasteiger partial charge >= 0.3 is 0 Å². The summed E-state index contributed by atoms with van der Waals surface area (Å²) in [5.41, 5.74) is -0.0952. The molecule has 0 saturated carbocycles. The average molecular weight is 375 g/mol. The van der Waals surface area contributed by atoms with Crippen molar-refractivity contribution in [3.05, 3.63) is 52.9 Å². The first-order valence-corrected chi connectivity index (χ1v) is 10.4. The number of fused-ring (bicyclic) bond motifs is 1. The van der Waals surface area contributed by atoms with E-state index in [4.69, 9.17) is 0 Å². The van der Waals surface area contributed by atoms with E-state index in [2.05, 4.69) is 9.97 Å². The van der Waals surface area contributed by atoms with Crippen LogP contribution in [-0.2, 0) is 16.4 Å². The largest absolute Gasteiger partial charge is 0.291 e. The molecule has 0 bridgehead atoms. The molecule has 0 atom stereocenters. The molecule has 6 nitrogen and oxygen atoms in total. The van der Waals surface area contributed by atoms with Crippen LogP contribution in [0.2, 0.25) is 0 Å². The lowest BCUT2D eigenvalue weighted by Gasteiger charge is -2.12. The monoisotopic (exact) mass is 375 g/mol. The Kier molecular flexibility index (Phi) is 4.91. The lowest BCUT2D eigenvalue weighted by Crippen LogP contribution is -2.27. The van der Waals surface area contributed by atoms with Crippen LogP contribution in [0, 0.1) is 0 Å². The number of hydrogen-bond donors (Lipinski definition) is 0. The summed E-state index contributed by atoms with van der Waals surface area (Å²) in [6, 6.07) is 9.33. The molecule has 1 aromatic carbocycles. The van der Waals surface area contributed by atoms with Gasteiger partial charge in [-0.25, -0.2) is 18.4 Å². The SMILES string of the molecule is CCCn1c(=O)c(S(=O)(=O)c2ccccc2)cc2cnc(SC)nc21. The molecular formula is C17H17N3O3S2. The van der Waals surface area contributed by atoms with Gasteiger partial charge in [0.1, 0.15) is 10.5 Å². The number of pyridine rings is 1. The molecule has 2 heterocycles. The Morgan fingerprint density at radius 2 is 1.92 bits per heavy atom. The van der Waals surface area contributed by atoms with E-state index in [1.54, 1.807) is 24.4 Å². The number of aromatic nitrogens is 3. The van der Waals surface area contributed by atoms with Crippen LogP contribution >= 0.6 is 11.8 Å². The van der Waals surface area contributed by atoms with E-state index in [9.17, 15) is 13.2 Å². The zero-order chi connectivity index (χ0) is 18.0. The third kappa shape index (κ3) is 3.19. The third-order valence-electron chi connectivity index (χ3n) is 3.74. The van der Waals surface area contributed by atoms with Gasteiger partial charge in [0, 0.05) is 18.1 Å². The molecule has 0 aliphatic rings. The summed E-state index contributed by atoms with van der Waals surface area (Å²) in [5, 5.41) is 1.07. The van der Waals surface area contributed by atoms with E-state index in [-0.39, 0.29) is 9.79 Å². The molecule has 3 aromatic rings. The number of nitrogens with zero attached hydrogens (tertiary/aromatic N) is 3. The Balaban J connectivity index is 2.34. The zero-order valence-corrected chi connectivity index (χ0v) is 15.5. The fourth-order valence-corrected chi connectivity index (χ4v) is 4.29. The van der Waals surface area contributed by atoms with Gasteiger partial charge in [0.2, 0.25) is 9.84 Å². The quantitative estimate of drug-likeness (QED) is 0.504. The minimum atomic E-state index is -3.91. The van der Waals surface area contributed by atoms with Gasteiger partial charge in [-0.05, 0) is 30.9 Å². The predicted molar refractivity (Wildman–Crippen MR) is 97.8 cm³/mol. The molecular weight excluding hydrogens is 358 g/mol. The van der Waals surface area contributed by atoms with Gasteiger partial charge in [0.05, 0.1) is 4.90 Å². The van der Waals surface area contributed by atoms with Crippen molar-refractivity contribution in [1.82, 2.24) is 14.5 Å². The Morgan fingerprint density at radius 1 is 1.20 bits per heavy atom. The van der Waals surface area contributed by atoms with Crippen molar-refractivity contribution in [2.24, 2.45) is 0 Å². The third-order valence-corrected chi connectivity index (χ3v) is 6.07. The van der Waals surface area contributed by atoms with Gasteiger partial charge in [-0.15, -0.1) is 0 Å². The second kappa shape index (κ2) is 6.97. The van der Waals surface area contributed by atoms with E-state index in [1.807, 2.05) is 13.2 Å². The standard InChI is InChI=1S/C17H17N3O3S2/c1-3-9-20-15-12(11-18-17(19-15)24-2)10-14(16(20)21)25(22,23)13-7-5-4-6-8-13/h4-8,10-11H,3,9H2,1-2H3. The summed E-state index contributed by atoms with van der Waals surface area (Å²) >= 11 is 1.37. The zero-order valence-electron chi connectivity index (χ0n) is 13.8. The van der Waals surface area contributed by atoms with Crippen LogP contribution in [0.25, 0.3) is 11.0 Å². The molecule has 3 rings (SSSR count). The number of sulfone groups is 1. The van der Waals surface area contributed by atoms with E-state index in [0.717, 1.165) is 0 Å². The summed E-state index contributed by atoms with van der Waals surface area (Å²) in [6.45, 7) is 2.31. The molecule has 0 aliphatic carbocycles. The number of benzene rings is 1. The Morgan fingerprint density at radius 3 is 2.56 bits per heavy atom. The number of aryl methyl sites for hydroxylation is 1. The van der Waals surface area contributed by atoms with Crippen molar-refractivity contribution in [1.29, 1.82) is 0 Å². The average Bonchev–Trinajstić information content (AvgIpc) is 2.64. The van der Waals surface area contributed by atoms with Crippen LogP contribution < -0.4 is 5.56 Å². The summed E-state index contributed by atoms with van der Waals surface area (Å²) in [7, 11) is -3.91. The van der Waals surface area contributed by atoms with Crippen molar-refractivity contribution in [3.8, 4) is 0 Å². The van der Waals surface area contributed by atoms with Crippen LogP contribution in [0.15, 0.2) is 62.3 Å². The highest BCUT2D eigenvalue weighted by Crippen LogP contribution is 2.22. The van der Waals surface area contributed by atoms with E-state index >= 15 is 0 Å². The second-order valence-electron chi connectivity index (χ2n) is 5.42. The minimum absolute atomic E-state index is 0.0937. The highest BCUT2D eigenvalue weighted by molar-refractivity contribution is 7.98. The topological polar surface area (TPSA) is 81.9 Å². The van der Waals surface area contributed by atoms with E-state index in [1.165, 1.54) is 34.5 Å². The highest BCUT2D eigenvalue weighted by atomic mass is 32.2. The maximum Gasteiger partial charge on any atom is 0.271 e. The van der Waals surface area contributed by atoms with Crippen LogP contribution in [-0.4, -0.2) is 29.2 Å². The minimum Gasteiger partial charge on any atom is -0.291 e. The van der Waals surface area contributed by atoms with Crippen molar-refractivity contribution in [3.63, 3.8) is 0 Å². The Hall–Kier alpha value is -2.19. The molecule has 0 aliphatic heterocycles. The fraction of sp³-hybridized carbons (Fsp3) is 0.235. The molecule has 0 saturated heterocycles. The summed E-state index contributed by atoms with van der Waals surface area (Å²) in [4.78, 5) is 21.3. The maximum atomic E-state index is 12.9. The predicted octanol–water partition coefficient (Wildman–Crippen LogP) is 2.76. The van der Waals surface area contributed by atoms with Crippen LogP contribution in [0.3, 0.4) is 0 Å². The number of rotatable bonds is 5. The first-order valence-electron chi connectivity index (χ1n) is 7.73. The van der Waals surface area contributed by atoms with Gasteiger partial charge in [-0.3, -0.25) is 9.36 Å². The maximum absolute atomic E-state index is 12.9. The molecule has 0 spiro atoms. The highest BCUT2D eigenvalue weighted by Gasteiger charge is 2.24. The van der Waals surface area contributed by atoms with Crippen molar-refractivity contribution >= 4 is 32.6 Å². The number of hydrogen-bond acceptors (Lipinski definition) is 6. The molecule has 0 radical (unpaired) electrons. The number of thioether (sulfide) groups is 1. The molecule has 0 fully saturated rings. The van der Waals surface area contributed by atoms with Gasteiger partial charge in [-0.1, -0.05) is 36.9 Å². The van der Waals surface area contributed by atoms with E-state index in [0.29, 0.717) is 29.2 Å². The Labute approximate surface area is 149 Å². The van der Waals surface area contributed by atoms with Crippen molar-refractivity contribution in [2.45, 2.75) is 34.8 Å². The van der Waals surface area contributed by atoms with Gasteiger partial charge in [-0.2, -0.15) is 0 Å². The normalized spacial score (nSPS) is 11.8. The summed E-state index contributed by atoms with van der Waals surface area (Å²) < 4.78 is 27.3. The lowest BCUT2D eigenvalue weighted by atomic mass is 10.3. The molecule has 2 aromatic heterocycles. The summed E-state index contributed by atoms with van der Waals surface area (Å²) in [6.07, 6.45) is 4.09. The van der Waals surface area contributed by atoms with Gasteiger partial charge < -0.3 is 0 Å². The first kappa shape index (κ1) is 17.6. The Bertz CT molecular complexity index is 1080. The van der Waals surface area contributed by atoms with E-state index < -0.39 is 15.4 Å². The molecule has 0 amide bonds. The van der Waals surface area contributed by atoms with Crippen LogP contribution in [0.1, 0.15) is 13.3 Å². The van der Waals surface area contributed by atoms with Gasteiger partial charge in [0.25, 0.3) is 5.56 Å². The molecule has 130 valence electrons. The van der Waals surface area contributed by atoms with Crippen molar-refractivity contribution < 1.29 is 8.42 Å². The molecule has 8 heteroatoms. The molecule has 25 heavy (non-hydrogen) atoms. The van der Waals surface area contributed by atoms with Crippen LogP contribution in [0.5, 0.6) is 0 Å².